The third-order valence-electron chi connectivity index (χ3n) is 4.37. The Morgan fingerprint density at radius 1 is 0.931 bits per heavy atom. The van der Waals surface area contributed by atoms with Crippen molar-refractivity contribution in [2.45, 2.75) is 32.3 Å². The molecule has 0 amide bonds. The van der Waals surface area contributed by atoms with Gasteiger partial charge < -0.3 is 4.74 Å². The van der Waals surface area contributed by atoms with Gasteiger partial charge >= 0.3 is 18.3 Å². The van der Waals surface area contributed by atoms with Crippen molar-refractivity contribution in [2.24, 2.45) is 5.41 Å². The lowest BCUT2D eigenvalue weighted by molar-refractivity contribution is -0.138. The molecule has 1 atom stereocenters. The second-order valence-electron chi connectivity index (χ2n) is 7.01. The second-order valence-corrected chi connectivity index (χ2v) is 7.01. The molecule has 0 aromatic heterocycles. The highest BCUT2D eigenvalue weighted by Gasteiger charge is 2.36. The minimum atomic E-state index is -4.66. The summed E-state index contributed by atoms with van der Waals surface area (Å²) in [5.41, 5.74) is -3.29. The highest BCUT2D eigenvalue weighted by molar-refractivity contribution is 5.89. The number of carbonyl (C=O) groups is 1. The van der Waals surface area contributed by atoms with E-state index >= 15 is 0 Å². The zero-order valence-corrected chi connectivity index (χ0v) is 15.6. The van der Waals surface area contributed by atoms with Crippen LogP contribution in [-0.4, -0.2) is 5.97 Å². The van der Waals surface area contributed by atoms with Gasteiger partial charge in [0, 0.05) is 5.41 Å². The number of hydrogen-bond donors (Lipinski definition) is 0. The third-order valence-corrected chi connectivity index (χ3v) is 4.37. The SMILES string of the molecule is C=CC(C)(C)C(OC(=O)c1cccc(C(F)(F)F)c1)c1cccc(C(F)(F)F)c1. The summed E-state index contributed by atoms with van der Waals surface area (Å²) in [5, 5.41) is 0. The van der Waals surface area contributed by atoms with Crippen molar-refractivity contribution >= 4 is 5.97 Å². The molecule has 0 fully saturated rings. The minimum Gasteiger partial charge on any atom is -0.453 e. The Morgan fingerprint density at radius 2 is 1.45 bits per heavy atom. The summed E-state index contributed by atoms with van der Waals surface area (Å²) in [6, 6.07) is 7.86. The van der Waals surface area contributed by atoms with Gasteiger partial charge in [-0.1, -0.05) is 38.1 Å². The van der Waals surface area contributed by atoms with E-state index in [0.29, 0.717) is 6.07 Å². The number of hydrogen-bond acceptors (Lipinski definition) is 2. The van der Waals surface area contributed by atoms with Crippen molar-refractivity contribution in [2.75, 3.05) is 0 Å². The Bertz CT molecular complexity index is 897. The largest absolute Gasteiger partial charge is 0.453 e. The molecule has 0 aliphatic heterocycles. The minimum absolute atomic E-state index is 0.0463. The summed E-state index contributed by atoms with van der Waals surface area (Å²) >= 11 is 0. The summed E-state index contributed by atoms with van der Waals surface area (Å²) in [6.45, 7) is 6.79. The average Bonchev–Trinajstić information content (AvgIpc) is 2.64. The lowest BCUT2D eigenvalue weighted by Gasteiger charge is -2.32. The van der Waals surface area contributed by atoms with Gasteiger partial charge in [-0.05, 0) is 35.9 Å². The first-order valence-electron chi connectivity index (χ1n) is 8.44. The van der Waals surface area contributed by atoms with Gasteiger partial charge in [-0.3, -0.25) is 0 Å². The predicted molar refractivity (Wildman–Crippen MR) is 95.0 cm³/mol. The van der Waals surface area contributed by atoms with E-state index in [4.69, 9.17) is 4.74 Å². The molecule has 156 valence electrons. The van der Waals surface area contributed by atoms with Crippen molar-refractivity contribution in [3.63, 3.8) is 0 Å². The summed E-state index contributed by atoms with van der Waals surface area (Å²) < 4.78 is 83.2. The molecular formula is C21H18F6O2. The van der Waals surface area contributed by atoms with Gasteiger partial charge in [0.05, 0.1) is 16.7 Å². The molecule has 2 nitrogen and oxygen atoms in total. The molecule has 0 saturated carbocycles. The fourth-order valence-corrected chi connectivity index (χ4v) is 2.63. The van der Waals surface area contributed by atoms with Crippen LogP contribution in [0.3, 0.4) is 0 Å². The van der Waals surface area contributed by atoms with Crippen LogP contribution in [0.15, 0.2) is 61.2 Å². The van der Waals surface area contributed by atoms with E-state index in [1.807, 2.05) is 0 Å². The van der Waals surface area contributed by atoms with Crippen molar-refractivity contribution in [3.05, 3.63) is 83.4 Å². The van der Waals surface area contributed by atoms with Crippen molar-refractivity contribution in [1.82, 2.24) is 0 Å². The Kier molecular flexibility index (Phi) is 6.15. The van der Waals surface area contributed by atoms with E-state index in [9.17, 15) is 31.1 Å². The molecule has 1 unspecified atom stereocenters. The lowest BCUT2D eigenvalue weighted by atomic mass is 9.82. The zero-order chi connectivity index (χ0) is 22.0. The van der Waals surface area contributed by atoms with Gasteiger partial charge in [0.15, 0.2) is 0 Å². The number of carbonyl (C=O) groups excluding carboxylic acids is 1. The standard InChI is InChI=1S/C21H18F6O2/c1-4-19(2,3)17(13-7-5-9-15(11-13)20(22,23)24)29-18(28)14-8-6-10-16(12-14)21(25,26)27/h4-12,17H,1H2,2-3H3. The first kappa shape index (κ1) is 22.5. The third kappa shape index (κ3) is 5.40. The number of esters is 1. The second kappa shape index (κ2) is 7.93. The number of halogens is 6. The van der Waals surface area contributed by atoms with Crippen LogP contribution in [0.2, 0.25) is 0 Å². The first-order chi connectivity index (χ1) is 13.3. The van der Waals surface area contributed by atoms with Crippen LogP contribution >= 0.6 is 0 Å². The van der Waals surface area contributed by atoms with Gasteiger partial charge in [0.2, 0.25) is 0 Å². The molecule has 8 heteroatoms. The van der Waals surface area contributed by atoms with E-state index in [0.717, 1.165) is 30.3 Å². The maximum Gasteiger partial charge on any atom is 0.416 e. The summed E-state index contributed by atoms with van der Waals surface area (Å²) in [6.07, 6.45) is -9.07. The highest BCUT2D eigenvalue weighted by Crippen LogP contribution is 2.40. The van der Waals surface area contributed by atoms with E-state index in [-0.39, 0.29) is 11.1 Å². The Labute approximate surface area is 163 Å². The van der Waals surface area contributed by atoms with Crippen LogP contribution in [0.4, 0.5) is 26.3 Å². The Hall–Kier alpha value is -2.77. The summed E-state index contributed by atoms with van der Waals surface area (Å²) in [4.78, 5) is 12.5. The molecule has 0 aliphatic rings. The molecule has 0 spiro atoms. The van der Waals surface area contributed by atoms with Crippen LogP contribution in [0.5, 0.6) is 0 Å². The molecule has 2 aromatic rings. The van der Waals surface area contributed by atoms with Gasteiger partial charge in [-0.25, -0.2) is 4.79 Å². The summed E-state index contributed by atoms with van der Waals surface area (Å²) in [7, 11) is 0. The van der Waals surface area contributed by atoms with Crippen LogP contribution in [0, 0.1) is 5.41 Å². The lowest BCUT2D eigenvalue weighted by Crippen LogP contribution is -2.26. The van der Waals surface area contributed by atoms with Crippen LogP contribution in [-0.2, 0) is 17.1 Å². The molecule has 2 rings (SSSR count). The molecule has 0 heterocycles. The summed E-state index contributed by atoms with van der Waals surface area (Å²) in [5.74, 6) is -1.09. The average molecular weight is 416 g/mol. The van der Waals surface area contributed by atoms with Crippen LogP contribution in [0.25, 0.3) is 0 Å². The molecule has 2 aromatic carbocycles. The molecule has 0 saturated heterocycles. The molecule has 0 aliphatic carbocycles. The number of alkyl halides is 6. The zero-order valence-electron chi connectivity index (χ0n) is 15.6. The smallest absolute Gasteiger partial charge is 0.416 e. The molecule has 29 heavy (non-hydrogen) atoms. The highest BCUT2D eigenvalue weighted by atomic mass is 19.4. The number of benzene rings is 2. The van der Waals surface area contributed by atoms with Gasteiger partial charge in [0.1, 0.15) is 6.10 Å². The van der Waals surface area contributed by atoms with Gasteiger partial charge in [-0.2, -0.15) is 26.3 Å². The monoisotopic (exact) mass is 416 g/mol. The molecular weight excluding hydrogens is 398 g/mol. The van der Waals surface area contributed by atoms with Gasteiger partial charge in [0.25, 0.3) is 0 Å². The Morgan fingerprint density at radius 3 is 1.97 bits per heavy atom. The molecule has 0 radical (unpaired) electrons. The van der Waals surface area contributed by atoms with E-state index in [1.165, 1.54) is 18.2 Å². The number of ether oxygens (including phenoxy) is 1. The normalized spacial score (nSPS) is 13.7. The maximum absolute atomic E-state index is 13.1. The topological polar surface area (TPSA) is 26.3 Å². The fraction of sp³-hybridized carbons (Fsp3) is 0.286. The van der Waals surface area contributed by atoms with Crippen molar-refractivity contribution in [1.29, 1.82) is 0 Å². The Balaban J connectivity index is 2.43. The van der Waals surface area contributed by atoms with Crippen LogP contribution < -0.4 is 0 Å². The molecule has 0 bridgehead atoms. The van der Waals surface area contributed by atoms with E-state index in [2.05, 4.69) is 6.58 Å². The quantitative estimate of drug-likeness (QED) is 0.303. The number of rotatable bonds is 5. The molecule has 0 N–H and O–H groups in total. The van der Waals surface area contributed by atoms with E-state index in [1.54, 1.807) is 13.8 Å². The van der Waals surface area contributed by atoms with Crippen molar-refractivity contribution < 1.29 is 35.9 Å². The fourth-order valence-electron chi connectivity index (χ4n) is 2.63. The first-order valence-corrected chi connectivity index (χ1v) is 8.44. The maximum atomic E-state index is 13.1. The van der Waals surface area contributed by atoms with Crippen LogP contribution in [0.1, 0.15) is 47.0 Å². The predicted octanol–water partition coefficient (Wildman–Crippen LogP) is 6.83. The van der Waals surface area contributed by atoms with E-state index < -0.39 is 41.0 Å². The van der Waals surface area contributed by atoms with Gasteiger partial charge in [-0.15, -0.1) is 6.58 Å². The van der Waals surface area contributed by atoms with Crippen molar-refractivity contribution in [3.8, 4) is 0 Å².